The molecule has 3 heterocycles. The van der Waals surface area contributed by atoms with E-state index in [9.17, 15) is 61.0 Å². The molecule has 3 fully saturated rings. The lowest BCUT2D eigenvalue weighted by Crippen LogP contribution is -2.66. The predicted molar refractivity (Wildman–Crippen MR) is 291 cm³/mol. The van der Waals surface area contributed by atoms with Gasteiger partial charge in [-0.2, -0.15) is 0 Å². The number of aliphatic hydroxyl groups is 11. The highest BCUT2D eigenvalue weighted by molar-refractivity contribution is 5.76. The molecule has 0 bridgehead atoms. The number of aliphatic hydroxyl groups excluding tert-OH is 11. The number of carbonyl (C=O) groups excluding carboxylic acids is 1. The maximum Gasteiger partial charge on any atom is 0.220 e. The van der Waals surface area contributed by atoms with Gasteiger partial charge in [-0.3, -0.25) is 4.79 Å². The molecule has 0 radical (unpaired) electrons. The van der Waals surface area contributed by atoms with Crippen LogP contribution >= 0.6 is 0 Å². The van der Waals surface area contributed by atoms with Crippen molar-refractivity contribution in [2.75, 3.05) is 26.4 Å². The zero-order chi connectivity index (χ0) is 56.2. The maximum absolute atomic E-state index is 13.2. The van der Waals surface area contributed by atoms with Crippen LogP contribution in [0.1, 0.15) is 168 Å². The molecule has 0 spiro atoms. The first-order valence-corrected chi connectivity index (χ1v) is 29.0. The van der Waals surface area contributed by atoms with Gasteiger partial charge in [-0.05, 0) is 57.8 Å². The number of hydrogen-bond donors (Lipinski definition) is 12. The van der Waals surface area contributed by atoms with Crippen molar-refractivity contribution < 1.29 is 89.4 Å². The summed E-state index contributed by atoms with van der Waals surface area (Å²) in [6, 6.07) is -0.887. The third-order valence-corrected chi connectivity index (χ3v) is 14.4. The molecule has 446 valence electrons. The fourth-order valence-corrected chi connectivity index (χ4v) is 9.57. The normalized spacial score (nSPS) is 31.2. The first-order chi connectivity index (χ1) is 37.3. The van der Waals surface area contributed by atoms with Gasteiger partial charge in [0.25, 0.3) is 0 Å². The van der Waals surface area contributed by atoms with Crippen molar-refractivity contribution in [1.29, 1.82) is 0 Å². The molecule has 3 aliphatic heterocycles. The highest BCUT2D eigenvalue weighted by Gasteiger charge is 2.53. The number of ether oxygens (including phenoxy) is 6. The Morgan fingerprint density at radius 1 is 0.481 bits per heavy atom. The average molecular weight is 1100 g/mol. The third kappa shape index (κ3) is 25.9. The largest absolute Gasteiger partial charge is 0.394 e. The second kappa shape index (κ2) is 41.5. The number of hydrogen-bond acceptors (Lipinski definition) is 18. The van der Waals surface area contributed by atoms with Gasteiger partial charge in [-0.1, -0.05) is 164 Å². The fraction of sp³-hybridized carbons (Fsp3) is 0.810. The van der Waals surface area contributed by atoms with E-state index in [1.807, 2.05) is 0 Å². The van der Waals surface area contributed by atoms with E-state index in [0.717, 1.165) is 83.5 Å². The molecule has 0 saturated carbocycles. The quantitative estimate of drug-likeness (QED) is 0.0297. The van der Waals surface area contributed by atoms with Gasteiger partial charge in [0.05, 0.1) is 38.6 Å². The monoisotopic (exact) mass is 1100 g/mol. The Morgan fingerprint density at radius 2 is 0.896 bits per heavy atom. The molecule has 19 heteroatoms. The summed E-state index contributed by atoms with van der Waals surface area (Å²) in [6.45, 7) is 1.54. The van der Waals surface area contributed by atoms with Crippen LogP contribution in [0.4, 0.5) is 0 Å². The van der Waals surface area contributed by atoms with Crippen LogP contribution in [0.3, 0.4) is 0 Å². The topological polar surface area (TPSA) is 307 Å². The second-order valence-electron chi connectivity index (χ2n) is 20.7. The molecule has 17 unspecified atom stereocenters. The standard InChI is InChI=1S/C58H101NO18/c1-3-5-7-9-10-11-12-13-14-15-16-17-18-19-20-21-22-23-24-25-26-27-28-29-30-32-34-36-46(64)59-41(42(63)35-33-31-8-6-4-2)40-72-56-52(70)49(67)54(44(38-61)74-56)77-58-53(71)50(68)55(45(39-62)75-58)76-57-51(69)48(66)47(65)43(37-60)73-57/h5,7,10-11,13-14,16-17,19-20,41-45,47-58,60-63,65-71H,3-4,6,8-9,12,15,18,21-40H2,1-2H3,(H,59,64)/b7-5-,11-10-,14-13-,17-16-,20-19-. The van der Waals surface area contributed by atoms with Gasteiger partial charge in [-0.15, -0.1) is 0 Å². The SMILES string of the molecule is CC/C=C\C/C=C\C/C=C\C/C=C\C/C=C\CCCCCCCCCCCCCC(=O)NC(COC1OC(CO)C(OC2OC(CO)C(OC3OC(CO)C(O)C(O)C3O)C(O)C2O)C(O)C1O)C(O)CCCCCCC. The molecule has 0 aromatic heterocycles. The summed E-state index contributed by atoms with van der Waals surface area (Å²) in [5.74, 6) is -0.257. The summed E-state index contributed by atoms with van der Waals surface area (Å²) in [6.07, 6.45) is 19.6. The van der Waals surface area contributed by atoms with Crippen molar-refractivity contribution in [2.45, 2.75) is 272 Å². The summed E-state index contributed by atoms with van der Waals surface area (Å²) in [7, 11) is 0. The second-order valence-corrected chi connectivity index (χ2v) is 20.7. The van der Waals surface area contributed by atoms with Gasteiger partial charge in [0.2, 0.25) is 5.91 Å². The molecular formula is C58H101NO18. The smallest absolute Gasteiger partial charge is 0.220 e. The Hall–Kier alpha value is -2.51. The molecular weight excluding hydrogens is 999 g/mol. The lowest BCUT2D eigenvalue weighted by molar-refractivity contribution is -0.379. The Morgan fingerprint density at radius 3 is 1.40 bits per heavy atom. The maximum atomic E-state index is 13.2. The summed E-state index contributed by atoms with van der Waals surface area (Å²) < 4.78 is 34.1. The van der Waals surface area contributed by atoms with Crippen LogP contribution in [0.5, 0.6) is 0 Å². The molecule has 0 aromatic rings. The van der Waals surface area contributed by atoms with E-state index in [4.69, 9.17) is 28.4 Å². The summed E-state index contributed by atoms with van der Waals surface area (Å²) in [4.78, 5) is 13.2. The van der Waals surface area contributed by atoms with Crippen LogP contribution in [-0.2, 0) is 33.2 Å². The van der Waals surface area contributed by atoms with Crippen molar-refractivity contribution >= 4 is 5.91 Å². The predicted octanol–water partition coefficient (Wildman–Crippen LogP) is 4.48. The highest BCUT2D eigenvalue weighted by atomic mass is 16.8. The van der Waals surface area contributed by atoms with Gasteiger partial charge in [0.15, 0.2) is 18.9 Å². The van der Waals surface area contributed by atoms with Crippen molar-refractivity contribution in [3.05, 3.63) is 60.8 Å². The minimum Gasteiger partial charge on any atom is -0.394 e. The van der Waals surface area contributed by atoms with E-state index in [1.165, 1.54) is 44.9 Å². The molecule has 0 aliphatic carbocycles. The molecule has 3 saturated heterocycles. The van der Waals surface area contributed by atoms with Crippen molar-refractivity contribution in [2.24, 2.45) is 0 Å². The third-order valence-electron chi connectivity index (χ3n) is 14.4. The van der Waals surface area contributed by atoms with E-state index < -0.39 is 124 Å². The molecule has 1 amide bonds. The van der Waals surface area contributed by atoms with Gasteiger partial charge < -0.3 is 89.9 Å². The van der Waals surface area contributed by atoms with Crippen LogP contribution in [0.2, 0.25) is 0 Å². The molecule has 19 nitrogen and oxygen atoms in total. The molecule has 0 aromatic carbocycles. The van der Waals surface area contributed by atoms with E-state index >= 15 is 0 Å². The first-order valence-electron chi connectivity index (χ1n) is 29.0. The summed E-state index contributed by atoms with van der Waals surface area (Å²) >= 11 is 0. The number of unbranched alkanes of at least 4 members (excludes halogenated alkanes) is 15. The van der Waals surface area contributed by atoms with Gasteiger partial charge in [-0.25, -0.2) is 0 Å². The van der Waals surface area contributed by atoms with Gasteiger partial charge >= 0.3 is 0 Å². The summed E-state index contributed by atoms with van der Waals surface area (Å²) in [5.41, 5.74) is 0. The van der Waals surface area contributed by atoms with E-state index in [2.05, 4.69) is 79.9 Å². The molecule has 3 aliphatic rings. The summed E-state index contributed by atoms with van der Waals surface area (Å²) in [5, 5.41) is 120. The molecule has 3 rings (SSSR count). The van der Waals surface area contributed by atoms with Crippen LogP contribution in [0, 0.1) is 0 Å². The van der Waals surface area contributed by atoms with Gasteiger partial charge in [0, 0.05) is 6.42 Å². The van der Waals surface area contributed by atoms with Crippen molar-refractivity contribution in [1.82, 2.24) is 5.32 Å². The van der Waals surface area contributed by atoms with E-state index in [0.29, 0.717) is 19.3 Å². The van der Waals surface area contributed by atoms with Crippen LogP contribution in [-0.4, -0.2) is 193 Å². The number of allylic oxidation sites excluding steroid dienone is 10. The lowest BCUT2D eigenvalue weighted by Gasteiger charge is -2.48. The van der Waals surface area contributed by atoms with Crippen molar-refractivity contribution in [3.63, 3.8) is 0 Å². The Labute approximate surface area is 458 Å². The molecule has 12 N–H and O–H groups in total. The molecule has 77 heavy (non-hydrogen) atoms. The van der Waals surface area contributed by atoms with Gasteiger partial charge in [0.1, 0.15) is 73.2 Å². The number of rotatable bonds is 41. The Kier molecular flexibility index (Phi) is 37.0. The van der Waals surface area contributed by atoms with Crippen molar-refractivity contribution in [3.8, 4) is 0 Å². The number of nitrogens with one attached hydrogen (secondary N) is 1. The Balaban J connectivity index is 1.36. The van der Waals surface area contributed by atoms with Crippen LogP contribution in [0.25, 0.3) is 0 Å². The fourth-order valence-electron chi connectivity index (χ4n) is 9.57. The minimum absolute atomic E-state index is 0.257. The zero-order valence-corrected chi connectivity index (χ0v) is 46.2. The Bertz CT molecular complexity index is 1650. The number of carbonyl (C=O) groups is 1. The van der Waals surface area contributed by atoms with Crippen LogP contribution in [0.15, 0.2) is 60.8 Å². The average Bonchev–Trinajstić information content (AvgIpc) is 3.42. The van der Waals surface area contributed by atoms with E-state index in [1.54, 1.807) is 0 Å². The first kappa shape index (κ1) is 68.8. The lowest BCUT2D eigenvalue weighted by atomic mass is 9.96. The molecule has 17 atom stereocenters. The van der Waals surface area contributed by atoms with E-state index in [-0.39, 0.29) is 18.9 Å². The minimum atomic E-state index is -1.97. The highest BCUT2D eigenvalue weighted by Crippen LogP contribution is 2.33. The zero-order valence-electron chi connectivity index (χ0n) is 46.2. The van der Waals surface area contributed by atoms with Crippen LogP contribution < -0.4 is 5.32 Å². The number of amides is 1.